The predicted molar refractivity (Wildman–Crippen MR) is 92.4 cm³/mol. The van der Waals surface area contributed by atoms with Crippen LogP contribution in [-0.4, -0.2) is 12.8 Å². The lowest BCUT2D eigenvalue weighted by molar-refractivity contribution is 0.397. The van der Waals surface area contributed by atoms with E-state index in [1.165, 1.54) is 25.2 Å². The third-order valence-electron chi connectivity index (χ3n) is 4.01. The number of para-hydroxylation sites is 1. The Morgan fingerprint density at radius 3 is 2.29 bits per heavy atom. The second kappa shape index (κ2) is 5.75. The largest absolute Gasteiger partial charge is 0.352 e. The molecule has 24 heavy (non-hydrogen) atoms. The van der Waals surface area contributed by atoms with E-state index in [9.17, 15) is 13.2 Å². The van der Waals surface area contributed by atoms with Crippen LogP contribution in [0.25, 0.3) is 5.57 Å². The van der Waals surface area contributed by atoms with Crippen molar-refractivity contribution in [2.45, 2.75) is 6.92 Å². The van der Waals surface area contributed by atoms with Gasteiger partial charge < -0.3 is 5.73 Å². The third kappa shape index (κ3) is 2.44. The molecule has 0 saturated carbocycles. The van der Waals surface area contributed by atoms with E-state index in [4.69, 9.17) is 5.73 Å². The van der Waals surface area contributed by atoms with Gasteiger partial charge in [0.2, 0.25) is 11.5 Å². The van der Waals surface area contributed by atoms with Gasteiger partial charge >= 0.3 is 0 Å². The number of hydrogen-bond acceptors (Lipinski definition) is 2. The van der Waals surface area contributed by atoms with Gasteiger partial charge in [-0.2, -0.15) is 0 Å². The zero-order valence-corrected chi connectivity index (χ0v) is 14.5. The fraction of sp³-hybridized carbons (Fsp3) is 0.118. The van der Waals surface area contributed by atoms with Gasteiger partial charge in [0.05, 0.1) is 5.57 Å². The molecule has 0 aliphatic carbocycles. The number of nitrogens with two attached hydrogens (primary N) is 1. The summed E-state index contributed by atoms with van der Waals surface area (Å²) < 4.78 is 41.8. The number of rotatable bonds is 2. The molecule has 1 unspecified atom stereocenters. The molecule has 3 rings (SSSR count). The maximum atomic E-state index is 14.2. The van der Waals surface area contributed by atoms with Crippen molar-refractivity contribution >= 4 is 32.9 Å². The van der Waals surface area contributed by atoms with Crippen LogP contribution in [0.15, 0.2) is 51.8 Å². The topological polar surface area (TPSA) is 38.4 Å². The highest BCUT2D eigenvalue weighted by Crippen LogP contribution is 2.40. The normalized spacial score (nSPS) is 20.5. The van der Waals surface area contributed by atoms with Crippen LogP contribution < -0.4 is 10.3 Å². The molecule has 1 heterocycles. The Kier molecular flexibility index (Phi) is 4.01. The highest BCUT2D eigenvalue weighted by Gasteiger charge is 2.44. The molecule has 0 radical (unpaired) electrons. The molecule has 0 aromatic heterocycles. The molecule has 124 valence electrons. The van der Waals surface area contributed by atoms with Crippen molar-refractivity contribution in [2.24, 2.45) is 10.8 Å². The van der Waals surface area contributed by atoms with Gasteiger partial charge in [0, 0.05) is 10.0 Å². The summed E-state index contributed by atoms with van der Waals surface area (Å²) in [5, 5.41) is 4.38. The first kappa shape index (κ1) is 16.7. The summed E-state index contributed by atoms with van der Waals surface area (Å²) >= 11 is 3.30. The molecule has 0 fully saturated rings. The molecule has 1 atom stereocenters. The summed E-state index contributed by atoms with van der Waals surface area (Å²) in [6, 6.07) is 7.74. The number of nitrogens with zero attached hydrogens (tertiary/aromatic N) is 2. The van der Waals surface area contributed by atoms with Crippen LogP contribution in [-0.2, 0) is 0 Å². The zero-order chi connectivity index (χ0) is 17.6. The number of quaternary nitrogens is 1. The van der Waals surface area contributed by atoms with E-state index in [1.54, 1.807) is 13.0 Å². The lowest BCUT2D eigenvalue weighted by atomic mass is 10.0. The predicted octanol–water partition coefficient (Wildman–Crippen LogP) is 4.52. The van der Waals surface area contributed by atoms with Crippen molar-refractivity contribution in [3.63, 3.8) is 0 Å². The highest BCUT2D eigenvalue weighted by molar-refractivity contribution is 9.10. The van der Waals surface area contributed by atoms with Gasteiger partial charge in [-0.05, 0) is 37.3 Å². The minimum absolute atomic E-state index is 0.156. The molecule has 0 saturated heterocycles. The van der Waals surface area contributed by atoms with Crippen LogP contribution >= 0.6 is 15.9 Å². The first-order valence-corrected chi connectivity index (χ1v) is 7.89. The smallest absolute Gasteiger partial charge is 0.240 e. The van der Waals surface area contributed by atoms with E-state index >= 15 is 0 Å². The fourth-order valence-corrected chi connectivity index (χ4v) is 3.46. The summed E-state index contributed by atoms with van der Waals surface area (Å²) in [5.74, 6) is -1.73. The quantitative estimate of drug-likeness (QED) is 0.744. The maximum Gasteiger partial charge on any atom is 0.240 e. The average molecular weight is 397 g/mol. The van der Waals surface area contributed by atoms with Crippen molar-refractivity contribution in [2.75, 3.05) is 7.05 Å². The summed E-state index contributed by atoms with van der Waals surface area (Å²) in [5.41, 5.74) is 7.61. The average Bonchev–Trinajstić information content (AvgIpc) is 2.70. The van der Waals surface area contributed by atoms with Gasteiger partial charge in [0.1, 0.15) is 18.6 Å². The second-order valence-electron chi connectivity index (χ2n) is 5.60. The Morgan fingerprint density at radius 1 is 1.08 bits per heavy atom. The van der Waals surface area contributed by atoms with Crippen molar-refractivity contribution in [1.82, 2.24) is 4.59 Å². The maximum absolute atomic E-state index is 14.2. The first-order chi connectivity index (χ1) is 11.3. The van der Waals surface area contributed by atoms with E-state index in [1.807, 2.05) is 0 Å². The molecule has 2 N–H and O–H groups in total. The number of benzene rings is 2. The van der Waals surface area contributed by atoms with E-state index < -0.39 is 22.0 Å². The van der Waals surface area contributed by atoms with Crippen LogP contribution in [0.5, 0.6) is 0 Å². The van der Waals surface area contributed by atoms with Crippen molar-refractivity contribution in [3.05, 3.63) is 69.7 Å². The summed E-state index contributed by atoms with van der Waals surface area (Å²) in [6.07, 6.45) is 0. The van der Waals surface area contributed by atoms with Crippen molar-refractivity contribution in [1.29, 1.82) is 0 Å². The third-order valence-corrected chi connectivity index (χ3v) is 4.67. The molecule has 0 spiro atoms. The lowest BCUT2D eigenvalue weighted by Gasteiger charge is -2.24. The van der Waals surface area contributed by atoms with Gasteiger partial charge in [0.15, 0.2) is 11.6 Å². The van der Waals surface area contributed by atoms with Crippen LogP contribution in [0.2, 0.25) is 0 Å². The van der Waals surface area contributed by atoms with E-state index in [0.717, 1.165) is 12.1 Å². The van der Waals surface area contributed by atoms with Crippen LogP contribution in [0.3, 0.4) is 0 Å². The Balaban J connectivity index is 2.25. The van der Waals surface area contributed by atoms with Gasteiger partial charge in [0.25, 0.3) is 0 Å². The molecule has 1 aliphatic rings. The summed E-state index contributed by atoms with van der Waals surface area (Å²) in [6.45, 7) is 1.69. The highest BCUT2D eigenvalue weighted by atomic mass is 79.9. The van der Waals surface area contributed by atoms with Crippen LogP contribution in [0, 0.1) is 17.5 Å². The molecular weight excluding hydrogens is 383 g/mol. The summed E-state index contributed by atoms with van der Waals surface area (Å²) in [7, 11) is 1.50. The Labute approximate surface area is 145 Å². The standard InChI is InChI=1S/C17H14BrF3N3/c1-9-15(11-7-6-10(19)8-12(11)18)17(22)24(2,23-9)16-13(20)4-3-5-14(16)21/h3-8H,22H2,1-2H3/q+1. The van der Waals surface area contributed by atoms with Crippen LogP contribution in [0.4, 0.5) is 18.9 Å². The Bertz CT molecular complexity index is 888. The second-order valence-corrected chi connectivity index (χ2v) is 6.45. The Hall–Kier alpha value is -2.12. The zero-order valence-electron chi connectivity index (χ0n) is 12.9. The van der Waals surface area contributed by atoms with E-state index in [2.05, 4.69) is 21.0 Å². The lowest BCUT2D eigenvalue weighted by Crippen LogP contribution is -2.41. The van der Waals surface area contributed by atoms with Gasteiger partial charge in [-0.15, -0.1) is 4.59 Å². The molecule has 0 amide bonds. The first-order valence-electron chi connectivity index (χ1n) is 7.09. The SMILES string of the molecule is CC1=N[N+](C)(c2c(F)cccc2F)C(N)=C1c1ccc(F)cc1Br. The monoisotopic (exact) mass is 396 g/mol. The van der Waals surface area contributed by atoms with Crippen molar-refractivity contribution < 1.29 is 13.2 Å². The molecule has 2 aromatic carbocycles. The van der Waals surface area contributed by atoms with E-state index in [0.29, 0.717) is 21.3 Å². The molecule has 0 bridgehead atoms. The molecule has 7 heteroatoms. The fourth-order valence-electron chi connectivity index (χ4n) is 2.91. The Morgan fingerprint density at radius 2 is 1.71 bits per heavy atom. The van der Waals surface area contributed by atoms with Crippen LogP contribution in [0.1, 0.15) is 12.5 Å². The van der Waals surface area contributed by atoms with Gasteiger partial charge in [-0.25, -0.2) is 13.2 Å². The molecule has 3 nitrogen and oxygen atoms in total. The minimum atomic E-state index is -0.739. The molecule has 2 aromatic rings. The number of allylic oxidation sites excluding steroid dienone is 1. The van der Waals surface area contributed by atoms with E-state index in [-0.39, 0.29) is 11.5 Å². The van der Waals surface area contributed by atoms with Gasteiger partial charge in [-0.3, -0.25) is 0 Å². The number of hydrogen-bond donors (Lipinski definition) is 1. The molecule has 1 aliphatic heterocycles. The minimum Gasteiger partial charge on any atom is -0.352 e. The van der Waals surface area contributed by atoms with Crippen molar-refractivity contribution in [3.8, 4) is 0 Å². The van der Waals surface area contributed by atoms with Gasteiger partial charge in [-0.1, -0.05) is 27.1 Å². The number of halogens is 4. The summed E-state index contributed by atoms with van der Waals surface area (Å²) in [4.78, 5) is 0. The molecular formula is C17H14BrF3N3+.